The molecule has 1 fully saturated rings. The number of nitrogens with zero attached hydrogens (tertiary/aromatic N) is 1. The standard InChI is InChI=1S/C17H21ClN4O3.ClH/c1-24-9-8-20-16-14(17(23)21-13-6-7-19-10-13)15(25-22-16)11-2-4-12(18)5-3-11;/h2-5,13,19H,6-10H2,1H3,(H,20,22)(H,21,23);1H/t13-;/m0./s1. The number of hydrogen-bond donors (Lipinski definition) is 3. The van der Waals surface area contributed by atoms with Crippen LogP contribution in [-0.2, 0) is 4.74 Å². The summed E-state index contributed by atoms with van der Waals surface area (Å²) in [5.41, 5.74) is 1.14. The van der Waals surface area contributed by atoms with Crippen LogP contribution in [0.3, 0.4) is 0 Å². The van der Waals surface area contributed by atoms with Crippen LogP contribution < -0.4 is 16.0 Å². The van der Waals surface area contributed by atoms with Crippen LogP contribution >= 0.6 is 24.0 Å². The number of benzene rings is 1. The van der Waals surface area contributed by atoms with Crippen molar-refractivity contribution >= 4 is 35.7 Å². The van der Waals surface area contributed by atoms with E-state index in [9.17, 15) is 4.79 Å². The van der Waals surface area contributed by atoms with Gasteiger partial charge in [0.05, 0.1) is 6.61 Å². The Morgan fingerprint density at radius 2 is 2.19 bits per heavy atom. The number of halogens is 2. The highest BCUT2D eigenvalue weighted by Crippen LogP contribution is 2.30. The molecule has 7 nitrogen and oxygen atoms in total. The van der Waals surface area contributed by atoms with E-state index in [0.717, 1.165) is 25.1 Å². The highest BCUT2D eigenvalue weighted by molar-refractivity contribution is 6.30. The molecule has 1 saturated heterocycles. The van der Waals surface area contributed by atoms with E-state index in [-0.39, 0.29) is 24.4 Å². The van der Waals surface area contributed by atoms with E-state index in [1.54, 1.807) is 31.4 Å². The van der Waals surface area contributed by atoms with E-state index >= 15 is 0 Å². The van der Waals surface area contributed by atoms with Gasteiger partial charge in [-0.1, -0.05) is 16.8 Å². The molecular formula is C17H22Cl2N4O3. The van der Waals surface area contributed by atoms with Crippen molar-refractivity contribution in [2.24, 2.45) is 0 Å². The van der Waals surface area contributed by atoms with Crippen LogP contribution in [0, 0.1) is 0 Å². The van der Waals surface area contributed by atoms with Crippen LogP contribution in [0.2, 0.25) is 5.02 Å². The second kappa shape index (κ2) is 9.78. The lowest BCUT2D eigenvalue weighted by Crippen LogP contribution is -2.36. The Hall–Kier alpha value is -1.80. The van der Waals surface area contributed by atoms with Crippen molar-refractivity contribution in [3.05, 3.63) is 34.9 Å². The molecule has 26 heavy (non-hydrogen) atoms. The molecule has 1 aromatic heterocycles. The predicted molar refractivity (Wildman–Crippen MR) is 103 cm³/mol. The first-order valence-corrected chi connectivity index (χ1v) is 8.57. The summed E-state index contributed by atoms with van der Waals surface area (Å²) < 4.78 is 10.5. The first kappa shape index (κ1) is 20.5. The van der Waals surface area contributed by atoms with E-state index in [0.29, 0.717) is 35.3 Å². The zero-order chi connectivity index (χ0) is 17.6. The quantitative estimate of drug-likeness (QED) is 0.618. The molecule has 2 heterocycles. The number of anilines is 1. The fourth-order valence-electron chi connectivity index (χ4n) is 2.73. The molecule has 1 aromatic carbocycles. The largest absolute Gasteiger partial charge is 0.383 e. The number of hydrogen-bond acceptors (Lipinski definition) is 6. The molecule has 0 unspecified atom stereocenters. The van der Waals surface area contributed by atoms with E-state index < -0.39 is 0 Å². The van der Waals surface area contributed by atoms with Gasteiger partial charge < -0.3 is 25.2 Å². The van der Waals surface area contributed by atoms with Gasteiger partial charge in [-0.3, -0.25) is 4.79 Å². The SMILES string of the molecule is COCCNc1noc(-c2ccc(Cl)cc2)c1C(=O)N[C@H]1CCNC1.Cl. The number of nitrogens with one attached hydrogen (secondary N) is 3. The Bertz CT molecular complexity index is 715. The summed E-state index contributed by atoms with van der Waals surface area (Å²) in [6, 6.07) is 7.21. The lowest BCUT2D eigenvalue weighted by atomic mass is 10.1. The third-order valence-electron chi connectivity index (χ3n) is 4.02. The van der Waals surface area contributed by atoms with E-state index in [1.165, 1.54) is 0 Å². The van der Waals surface area contributed by atoms with Crippen molar-refractivity contribution in [3.8, 4) is 11.3 Å². The number of rotatable bonds is 7. The van der Waals surface area contributed by atoms with Gasteiger partial charge >= 0.3 is 0 Å². The number of methoxy groups -OCH3 is 1. The minimum absolute atomic E-state index is 0. The Balaban J connectivity index is 0.00000243. The van der Waals surface area contributed by atoms with Crippen molar-refractivity contribution in [1.82, 2.24) is 15.8 Å². The maximum absolute atomic E-state index is 12.8. The number of carbonyl (C=O) groups is 1. The number of ether oxygens (including phenoxy) is 1. The van der Waals surface area contributed by atoms with Gasteiger partial charge in [-0.05, 0) is 37.2 Å². The summed E-state index contributed by atoms with van der Waals surface area (Å²) >= 11 is 5.95. The Morgan fingerprint density at radius 1 is 1.42 bits per heavy atom. The zero-order valence-electron chi connectivity index (χ0n) is 14.4. The van der Waals surface area contributed by atoms with Gasteiger partial charge in [-0.15, -0.1) is 12.4 Å². The molecular weight excluding hydrogens is 379 g/mol. The number of carbonyl (C=O) groups excluding carboxylic acids is 1. The van der Waals surface area contributed by atoms with E-state index in [2.05, 4.69) is 21.1 Å². The number of amides is 1. The zero-order valence-corrected chi connectivity index (χ0v) is 16.0. The van der Waals surface area contributed by atoms with Crippen molar-refractivity contribution in [3.63, 3.8) is 0 Å². The lowest BCUT2D eigenvalue weighted by Gasteiger charge is -2.12. The van der Waals surface area contributed by atoms with Crippen LogP contribution in [0.4, 0.5) is 5.82 Å². The van der Waals surface area contributed by atoms with Crippen molar-refractivity contribution in [2.75, 3.05) is 38.7 Å². The second-order valence-corrected chi connectivity index (χ2v) is 6.26. The normalized spacial score (nSPS) is 16.2. The van der Waals surface area contributed by atoms with Gasteiger partial charge in [0, 0.05) is 36.8 Å². The first-order valence-electron chi connectivity index (χ1n) is 8.19. The molecule has 1 aliphatic heterocycles. The Morgan fingerprint density at radius 3 is 2.85 bits per heavy atom. The van der Waals surface area contributed by atoms with Gasteiger partial charge in [0.1, 0.15) is 5.56 Å². The topological polar surface area (TPSA) is 88.4 Å². The van der Waals surface area contributed by atoms with Gasteiger partial charge in [-0.25, -0.2) is 0 Å². The van der Waals surface area contributed by atoms with Gasteiger partial charge in [0.25, 0.3) is 5.91 Å². The molecule has 1 aliphatic rings. The number of aromatic nitrogens is 1. The summed E-state index contributed by atoms with van der Waals surface area (Å²) in [6.45, 7) is 2.68. The average Bonchev–Trinajstić information content (AvgIpc) is 3.25. The molecule has 3 N–H and O–H groups in total. The minimum atomic E-state index is -0.209. The third-order valence-corrected chi connectivity index (χ3v) is 4.27. The van der Waals surface area contributed by atoms with E-state index in [4.69, 9.17) is 20.9 Å². The highest BCUT2D eigenvalue weighted by Gasteiger charge is 2.26. The van der Waals surface area contributed by atoms with Crippen LogP contribution in [0.15, 0.2) is 28.8 Å². The summed E-state index contributed by atoms with van der Waals surface area (Å²) in [6.07, 6.45) is 0.903. The minimum Gasteiger partial charge on any atom is -0.383 e. The van der Waals surface area contributed by atoms with Crippen molar-refractivity contribution in [1.29, 1.82) is 0 Å². The lowest BCUT2D eigenvalue weighted by molar-refractivity contribution is 0.0941. The predicted octanol–water partition coefficient (Wildman–Crippen LogP) is 2.57. The Kier molecular flexibility index (Phi) is 7.71. The van der Waals surface area contributed by atoms with Crippen LogP contribution in [0.5, 0.6) is 0 Å². The monoisotopic (exact) mass is 400 g/mol. The van der Waals surface area contributed by atoms with Crippen molar-refractivity contribution < 1.29 is 14.1 Å². The van der Waals surface area contributed by atoms with Gasteiger partial charge in [0.15, 0.2) is 11.6 Å². The summed E-state index contributed by atoms with van der Waals surface area (Å²) in [4.78, 5) is 12.8. The molecule has 142 valence electrons. The molecule has 1 amide bonds. The first-order chi connectivity index (χ1) is 12.2. The highest BCUT2D eigenvalue weighted by atomic mass is 35.5. The van der Waals surface area contributed by atoms with Crippen LogP contribution in [0.25, 0.3) is 11.3 Å². The molecule has 1 atom stereocenters. The fraction of sp³-hybridized carbons (Fsp3) is 0.412. The molecule has 0 aliphatic carbocycles. The van der Waals surface area contributed by atoms with Gasteiger partial charge in [0.2, 0.25) is 0 Å². The van der Waals surface area contributed by atoms with Gasteiger partial charge in [-0.2, -0.15) is 0 Å². The molecule has 2 aromatic rings. The third kappa shape index (κ3) is 4.88. The summed E-state index contributed by atoms with van der Waals surface area (Å²) in [7, 11) is 1.62. The molecule has 0 spiro atoms. The molecule has 0 saturated carbocycles. The maximum Gasteiger partial charge on any atom is 0.259 e. The fourth-order valence-corrected chi connectivity index (χ4v) is 2.85. The molecule has 0 bridgehead atoms. The molecule has 0 radical (unpaired) electrons. The summed E-state index contributed by atoms with van der Waals surface area (Å²) in [5, 5.41) is 14.0. The van der Waals surface area contributed by atoms with Crippen LogP contribution in [-0.4, -0.2) is 50.5 Å². The van der Waals surface area contributed by atoms with Crippen molar-refractivity contribution in [2.45, 2.75) is 12.5 Å². The summed E-state index contributed by atoms with van der Waals surface area (Å²) in [5.74, 6) is 0.616. The molecule has 9 heteroatoms. The maximum atomic E-state index is 12.8. The smallest absolute Gasteiger partial charge is 0.259 e. The Labute approximate surface area is 163 Å². The average molecular weight is 401 g/mol. The molecule has 3 rings (SSSR count). The van der Waals surface area contributed by atoms with E-state index in [1.807, 2.05) is 0 Å². The second-order valence-electron chi connectivity index (χ2n) is 5.82. The van der Waals surface area contributed by atoms with Crippen LogP contribution in [0.1, 0.15) is 16.8 Å².